The number of alkyl halides is 2. The molecule has 0 aliphatic rings. The molecule has 1 amide bonds. The lowest BCUT2D eigenvalue weighted by atomic mass is 10.1. The van der Waals surface area contributed by atoms with Crippen molar-refractivity contribution < 1.29 is 18.3 Å². The van der Waals surface area contributed by atoms with Gasteiger partial charge in [0, 0.05) is 19.0 Å². The third-order valence-corrected chi connectivity index (χ3v) is 1.74. The van der Waals surface area contributed by atoms with Crippen LogP contribution >= 0.6 is 0 Å². The van der Waals surface area contributed by atoms with E-state index in [2.05, 4.69) is 5.32 Å². The zero-order valence-electron chi connectivity index (χ0n) is 9.93. The zero-order chi connectivity index (χ0) is 12.8. The highest BCUT2D eigenvalue weighted by Gasteiger charge is 2.19. The fourth-order valence-corrected chi connectivity index (χ4v) is 1.05. The maximum absolute atomic E-state index is 12.0. The SMILES string of the molecule is CC(C)(C)OC(=O)N[C@H](CN)CCC(F)F. The lowest BCUT2D eigenvalue weighted by Crippen LogP contribution is -2.43. The number of hydrogen-bond donors (Lipinski definition) is 2. The molecule has 96 valence electrons. The number of amides is 1. The maximum Gasteiger partial charge on any atom is 0.407 e. The molecule has 0 spiro atoms. The van der Waals surface area contributed by atoms with Gasteiger partial charge in [-0.25, -0.2) is 13.6 Å². The molecular weight excluding hydrogens is 218 g/mol. The molecule has 0 rings (SSSR count). The predicted octanol–water partition coefficient (Wildman–Crippen LogP) is 1.88. The molecule has 0 aliphatic heterocycles. The quantitative estimate of drug-likeness (QED) is 0.768. The molecule has 4 nitrogen and oxygen atoms in total. The van der Waals surface area contributed by atoms with Crippen molar-refractivity contribution in [1.29, 1.82) is 0 Å². The fourth-order valence-electron chi connectivity index (χ4n) is 1.05. The Morgan fingerprint density at radius 1 is 1.38 bits per heavy atom. The lowest BCUT2D eigenvalue weighted by molar-refractivity contribution is 0.0493. The molecule has 0 aromatic carbocycles. The number of carbonyl (C=O) groups is 1. The second-order valence-corrected chi connectivity index (χ2v) is 4.55. The van der Waals surface area contributed by atoms with E-state index in [1.807, 2.05) is 0 Å². The standard InChI is InChI=1S/C10H20F2N2O2/c1-10(2,3)16-9(15)14-7(6-13)4-5-8(11)12/h7-8H,4-6,13H2,1-3H3,(H,14,15)/t7-/m0/s1. The molecule has 0 aromatic heterocycles. The number of nitrogens with one attached hydrogen (secondary N) is 1. The average molecular weight is 238 g/mol. The van der Waals surface area contributed by atoms with Crippen molar-refractivity contribution in [2.45, 2.75) is 51.7 Å². The van der Waals surface area contributed by atoms with Gasteiger partial charge in [0.25, 0.3) is 0 Å². The highest BCUT2D eigenvalue weighted by molar-refractivity contribution is 5.68. The summed E-state index contributed by atoms with van der Waals surface area (Å²) in [5.74, 6) is 0. The van der Waals surface area contributed by atoms with E-state index in [1.165, 1.54) is 0 Å². The van der Waals surface area contributed by atoms with Crippen LogP contribution in [-0.4, -0.2) is 30.7 Å². The Morgan fingerprint density at radius 3 is 2.31 bits per heavy atom. The van der Waals surface area contributed by atoms with Gasteiger partial charge >= 0.3 is 6.09 Å². The molecule has 0 fully saturated rings. The number of carbonyl (C=O) groups excluding carboxylic acids is 1. The van der Waals surface area contributed by atoms with E-state index in [-0.39, 0.29) is 19.4 Å². The summed E-state index contributed by atoms with van der Waals surface area (Å²) in [6, 6.07) is -0.469. The highest BCUT2D eigenvalue weighted by Crippen LogP contribution is 2.09. The van der Waals surface area contributed by atoms with Crippen molar-refractivity contribution in [2.24, 2.45) is 5.73 Å². The van der Waals surface area contributed by atoms with Crippen molar-refractivity contribution in [2.75, 3.05) is 6.54 Å². The first-order valence-corrected chi connectivity index (χ1v) is 5.22. The Kier molecular flexibility index (Phi) is 6.25. The summed E-state index contributed by atoms with van der Waals surface area (Å²) in [7, 11) is 0. The summed E-state index contributed by atoms with van der Waals surface area (Å²) in [6.07, 6.45) is -3.14. The normalized spacial score (nSPS) is 13.7. The second kappa shape index (κ2) is 6.62. The Balaban J connectivity index is 3.97. The second-order valence-electron chi connectivity index (χ2n) is 4.55. The Labute approximate surface area is 94.5 Å². The molecule has 0 saturated heterocycles. The third kappa shape index (κ3) is 8.40. The van der Waals surface area contributed by atoms with Crippen LogP contribution in [0.25, 0.3) is 0 Å². The van der Waals surface area contributed by atoms with Crippen LogP contribution in [0.2, 0.25) is 0 Å². The van der Waals surface area contributed by atoms with Crippen molar-refractivity contribution in [1.82, 2.24) is 5.32 Å². The first kappa shape index (κ1) is 15.1. The Hall–Kier alpha value is -0.910. The van der Waals surface area contributed by atoms with Gasteiger partial charge in [-0.2, -0.15) is 0 Å². The van der Waals surface area contributed by atoms with Gasteiger partial charge in [-0.15, -0.1) is 0 Å². The van der Waals surface area contributed by atoms with Crippen LogP contribution in [0.15, 0.2) is 0 Å². The zero-order valence-corrected chi connectivity index (χ0v) is 9.93. The van der Waals surface area contributed by atoms with Crippen LogP contribution in [0.1, 0.15) is 33.6 Å². The number of alkyl carbamates (subject to hydrolysis) is 1. The van der Waals surface area contributed by atoms with Gasteiger partial charge in [0.05, 0.1) is 0 Å². The van der Waals surface area contributed by atoms with Crippen LogP contribution in [-0.2, 0) is 4.74 Å². The molecule has 0 heterocycles. The molecule has 0 bridgehead atoms. The third-order valence-electron chi connectivity index (χ3n) is 1.74. The summed E-state index contributed by atoms with van der Waals surface area (Å²) in [6.45, 7) is 5.29. The van der Waals surface area contributed by atoms with Crippen LogP contribution in [0.5, 0.6) is 0 Å². The van der Waals surface area contributed by atoms with Gasteiger partial charge in [0.15, 0.2) is 0 Å². The highest BCUT2D eigenvalue weighted by atomic mass is 19.3. The largest absolute Gasteiger partial charge is 0.444 e. The summed E-state index contributed by atoms with van der Waals surface area (Å²) < 4.78 is 28.9. The summed E-state index contributed by atoms with van der Waals surface area (Å²) >= 11 is 0. The first-order chi connectivity index (χ1) is 7.24. The van der Waals surface area contributed by atoms with Crippen LogP contribution < -0.4 is 11.1 Å². The van der Waals surface area contributed by atoms with Gasteiger partial charge in [0.1, 0.15) is 5.60 Å². The van der Waals surface area contributed by atoms with Crippen LogP contribution in [0, 0.1) is 0 Å². The predicted molar refractivity (Wildman–Crippen MR) is 57.5 cm³/mol. The van der Waals surface area contributed by atoms with Gasteiger partial charge in [0.2, 0.25) is 6.43 Å². The van der Waals surface area contributed by atoms with E-state index >= 15 is 0 Å². The molecule has 0 unspecified atom stereocenters. The van der Waals surface area contributed by atoms with E-state index in [9.17, 15) is 13.6 Å². The molecule has 0 aromatic rings. The van der Waals surface area contributed by atoms with E-state index in [4.69, 9.17) is 10.5 Å². The van der Waals surface area contributed by atoms with Crippen molar-refractivity contribution in [3.8, 4) is 0 Å². The summed E-state index contributed by atoms with van der Waals surface area (Å²) in [5, 5.41) is 2.46. The van der Waals surface area contributed by atoms with Crippen molar-refractivity contribution in [3.63, 3.8) is 0 Å². The molecule has 6 heteroatoms. The van der Waals surface area contributed by atoms with E-state index in [0.717, 1.165) is 0 Å². The monoisotopic (exact) mass is 238 g/mol. The number of hydrogen-bond acceptors (Lipinski definition) is 3. The lowest BCUT2D eigenvalue weighted by Gasteiger charge is -2.22. The maximum atomic E-state index is 12.0. The molecule has 0 aliphatic carbocycles. The molecule has 1 atom stereocenters. The Bertz CT molecular complexity index is 217. The molecule has 0 radical (unpaired) electrons. The van der Waals surface area contributed by atoms with Gasteiger partial charge in [-0.3, -0.25) is 0 Å². The molecule has 3 N–H and O–H groups in total. The molecule has 16 heavy (non-hydrogen) atoms. The van der Waals surface area contributed by atoms with Crippen molar-refractivity contribution in [3.05, 3.63) is 0 Å². The minimum atomic E-state index is -2.38. The minimum Gasteiger partial charge on any atom is -0.444 e. The van der Waals surface area contributed by atoms with Gasteiger partial charge in [-0.05, 0) is 27.2 Å². The number of nitrogens with two attached hydrogens (primary N) is 1. The van der Waals surface area contributed by atoms with E-state index in [0.29, 0.717) is 0 Å². The van der Waals surface area contributed by atoms with Gasteiger partial charge < -0.3 is 15.8 Å². The van der Waals surface area contributed by atoms with Crippen LogP contribution in [0.4, 0.5) is 13.6 Å². The summed E-state index contributed by atoms with van der Waals surface area (Å²) in [5.41, 5.74) is 4.75. The van der Waals surface area contributed by atoms with E-state index < -0.39 is 24.2 Å². The molecule has 0 saturated carbocycles. The average Bonchev–Trinajstić information content (AvgIpc) is 2.08. The summed E-state index contributed by atoms with van der Waals surface area (Å²) in [4.78, 5) is 11.3. The minimum absolute atomic E-state index is 0.117. The van der Waals surface area contributed by atoms with Crippen LogP contribution in [0.3, 0.4) is 0 Å². The number of rotatable bonds is 5. The fraction of sp³-hybridized carbons (Fsp3) is 0.900. The van der Waals surface area contributed by atoms with Gasteiger partial charge in [-0.1, -0.05) is 0 Å². The van der Waals surface area contributed by atoms with E-state index in [1.54, 1.807) is 20.8 Å². The number of halogens is 2. The Morgan fingerprint density at radius 2 is 1.94 bits per heavy atom. The first-order valence-electron chi connectivity index (χ1n) is 5.22. The van der Waals surface area contributed by atoms with Crippen molar-refractivity contribution >= 4 is 6.09 Å². The molecular formula is C10H20F2N2O2. The topological polar surface area (TPSA) is 64.3 Å². The smallest absolute Gasteiger partial charge is 0.407 e. The number of ether oxygens (including phenoxy) is 1.